The van der Waals surface area contributed by atoms with Gasteiger partial charge in [-0.25, -0.2) is 4.98 Å². The summed E-state index contributed by atoms with van der Waals surface area (Å²) >= 11 is 0. The Morgan fingerprint density at radius 2 is 1.56 bits per heavy atom. The minimum absolute atomic E-state index is 0.368. The summed E-state index contributed by atoms with van der Waals surface area (Å²) in [5, 5.41) is 4.70. The maximum absolute atomic E-state index is 13.9. The zero-order valence-electron chi connectivity index (χ0n) is 19.2. The standard InChI is InChI=1S/C24H35N4O3P/c1-3-5-7-12-16-30-32(29,31-17-13-8-6-4-2)22-19-26-28-23(25)18-21(27-24(22)28)20-14-10-9-11-15-20/h9-11,14-15,18-19H,3-8,12-13,16-17,25H2,1-2H3. The second kappa shape index (κ2) is 12.1. The van der Waals surface area contributed by atoms with E-state index < -0.39 is 7.60 Å². The first-order chi connectivity index (χ1) is 15.6. The number of benzene rings is 1. The van der Waals surface area contributed by atoms with Crippen molar-refractivity contribution in [3.8, 4) is 11.3 Å². The molecule has 0 bridgehead atoms. The van der Waals surface area contributed by atoms with E-state index in [0.29, 0.717) is 35.7 Å². The smallest absolute Gasteiger partial charge is 0.366 e. The van der Waals surface area contributed by atoms with Crippen molar-refractivity contribution in [3.63, 3.8) is 0 Å². The van der Waals surface area contributed by atoms with Crippen molar-refractivity contribution in [2.75, 3.05) is 18.9 Å². The molecule has 0 unspecified atom stereocenters. The average Bonchev–Trinajstić information content (AvgIpc) is 3.25. The van der Waals surface area contributed by atoms with E-state index in [1.165, 1.54) is 10.7 Å². The molecule has 3 aromatic rings. The molecule has 8 heteroatoms. The highest BCUT2D eigenvalue weighted by Crippen LogP contribution is 2.48. The minimum Gasteiger partial charge on any atom is -0.384 e. The minimum atomic E-state index is -3.60. The molecule has 0 atom stereocenters. The molecule has 2 N–H and O–H groups in total. The molecule has 0 aliphatic rings. The number of hydrogen-bond acceptors (Lipinski definition) is 6. The Hall–Kier alpha value is -2.21. The van der Waals surface area contributed by atoms with E-state index in [1.54, 1.807) is 6.07 Å². The third-order valence-electron chi connectivity index (χ3n) is 5.36. The van der Waals surface area contributed by atoms with E-state index in [9.17, 15) is 4.57 Å². The number of aromatic nitrogens is 3. The molecule has 174 valence electrons. The molecule has 32 heavy (non-hydrogen) atoms. The Balaban J connectivity index is 1.90. The number of nitrogen functional groups attached to an aromatic ring is 1. The van der Waals surface area contributed by atoms with Crippen LogP contribution in [0.4, 0.5) is 5.82 Å². The fourth-order valence-electron chi connectivity index (χ4n) is 3.53. The summed E-state index contributed by atoms with van der Waals surface area (Å²) < 4.78 is 27.3. The van der Waals surface area contributed by atoms with Gasteiger partial charge in [-0.1, -0.05) is 82.7 Å². The van der Waals surface area contributed by atoms with Gasteiger partial charge in [-0.05, 0) is 12.8 Å². The quantitative estimate of drug-likeness (QED) is 0.236. The normalized spacial score (nSPS) is 11.9. The second-order valence-electron chi connectivity index (χ2n) is 7.98. The SMILES string of the molecule is CCCCCCOP(=O)(OCCCCCC)c1cnn2c(N)cc(-c3ccccc3)nc12. The van der Waals surface area contributed by atoms with Crippen LogP contribution >= 0.6 is 7.60 Å². The van der Waals surface area contributed by atoms with Crippen molar-refractivity contribution in [2.45, 2.75) is 65.2 Å². The zero-order valence-corrected chi connectivity index (χ0v) is 20.1. The number of nitrogens with zero attached hydrogens (tertiary/aromatic N) is 3. The van der Waals surface area contributed by atoms with Gasteiger partial charge in [-0.3, -0.25) is 4.57 Å². The van der Waals surface area contributed by atoms with Gasteiger partial charge in [0, 0.05) is 11.6 Å². The van der Waals surface area contributed by atoms with Gasteiger partial charge >= 0.3 is 7.60 Å². The van der Waals surface area contributed by atoms with E-state index in [1.807, 2.05) is 30.3 Å². The summed E-state index contributed by atoms with van der Waals surface area (Å²) in [6.45, 7) is 5.06. The molecule has 7 nitrogen and oxygen atoms in total. The third-order valence-corrected chi connectivity index (χ3v) is 7.31. The fourth-order valence-corrected chi connectivity index (χ4v) is 5.20. The second-order valence-corrected chi connectivity index (χ2v) is 9.98. The maximum Gasteiger partial charge on any atom is 0.366 e. The van der Waals surface area contributed by atoms with Crippen LogP contribution in [0.5, 0.6) is 0 Å². The van der Waals surface area contributed by atoms with Gasteiger partial charge < -0.3 is 14.8 Å². The van der Waals surface area contributed by atoms with Crippen LogP contribution in [0.1, 0.15) is 65.2 Å². The lowest BCUT2D eigenvalue weighted by Gasteiger charge is -2.18. The van der Waals surface area contributed by atoms with Crippen LogP contribution in [0.2, 0.25) is 0 Å². The van der Waals surface area contributed by atoms with Gasteiger partial charge in [0.05, 0.1) is 25.1 Å². The summed E-state index contributed by atoms with van der Waals surface area (Å²) in [6, 6.07) is 11.5. The molecule has 0 saturated heterocycles. The van der Waals surface area contributed by atoms with Crippen LogP contribution in [0.15, 0.2) is 42.6 Å². The molecular formula is C24H35N4O3P. The number of nitrogens with two attached hydrogens (primary N) is 1. The molecule has 2 heterocycles. The monoisotopic (exact) mass is 458 g/mol. The fraction of sp³-hybridized carbons (Fsp3) is 0.500. The molecule has 1 aromatic carbocycles. The largest absolute Gasteiger partial charge is 0.384 e. The van der Waals surface area contributed by atoms with Crippen LogP contribution in [0.3, 0.4) is 0 Å². The highest BCUT2D eigenvalue weighted by atomic mass is 31.2. The molecule has 0 radical (unpaired) electrons. The Morgan fingerprint density at radius 3 is 2.16 bits per heavy atom. The number of hydrogen-bond donors (Lipinski definition) is 1. The highest BCUT2D eigenvalue weighted by molar-refractivity contribution is 7.62. The molecule has 0 aliphatic heterocycles. The Bertz CT molecular complexity index is 1000. The van der Waals surface area contributed by atoms with Crippen molar-refractivity contribution in [2.24, 2.45) is 0 Å². The van der Waals surface area contributed by atoms with E-state index in [2.05, 4.69) is 18.9 Å². The molecule has 0 fully saturated rings. The molecule has 0 spiro atoms. The van der Waals surface area contributed by atoms with E-state index >= 15 is 0 Å². The number of unbranched alkanes of at least 4 members (excludes halogenated alkanes) is 6. The van der Waals surface area contributed by atoms with Crippen LogP contribution in [0.25, 0.3) is 16.9 Å². The van der Waals surface area contributed by atoms with Crippen molar-refractivity contribution in [1.29, 1.82) is 0 Å². The first-order valence-corrected chi connectivity index (χ1v) is 13.2. The first-order valence-electron chi connectivity index (χ1n) is 11.7. The van der Waals surface area contributed by atoms with Gasteiger partial charge in [-0.2, -0.15) is 9.61 Å². The van der Waals surface area contributed by atoms with Crippen molar-refractivity contribution in [1.82, 2.24) is 14.6 Å². The Kier molecular flexibility index (Phi) is 9.27. The number of rotatable bonds is 14. The van der Waals surface area contributed by atoms with Crippen molar-refractivity contribution >= 4 is 24.4 Å². The van der Waals surface area contributed by atoms with Crippen LogP contribution in [-0.2, 0) is 13.6 Å². The Labute approximate surface area is 190 Å². The summed E-state index contributed by atoms with van der Waals surface area (Å²) in [4.78, 5) is 4.74. The predicted molar refractivity (Wildman–Crippen MR) is 130 cm³/mol. The molecule has 0 amide bonds. The summed E-state index contributed by atoms with van der Waals surface area (Å²) in [6.07, 6.45) is 9.77. The Morgan fingerprint density at radius 1 is 0.938 bits per heavy atom. The van der Waals surface area contributed by atoms with Crippen molar-refractivity contribution < 1.29 is 13.6 Å². The van der Waals surface area contributed by atoms with Crippen LogP contribution in [0, 0.1) is 0 Å². The highest BCUT2D eigenvalue weighted by Gasteiger charge is 2.33. The molecule has 0 saturated carbocycles. The van der Waals surface area contributed by atoms with E-state index in [0.717, 1.165) is 56.9 Å². The summed E-state index contributed by atoms with van der Waals surface area (Å²) in [5.41, 5.74) is 8.27. The molecule has 0 aliphatic carbocycles. The molecule has 3 rings (SSSR count). The van der Waals surface area contributed by atoms with Crippen LogP contribution < -0.4 is 11.0 Å². The predicted octanol–water partition coefficient (Wildman–Crippen LogP) is 5.99. The van der Waals surface area contributed by atoms with Crippen molar-refractivity contribution in [3.05, 3.63) is 42.6 Å². The number of anilines is 1. The lowest BCUT2D eigenvalue weighted by atomic mass is 10.1. The maximum atomic E-state index is 13.9. The topological polar surface area (TPSA) is 91.7 Å². The third kappa shape index (κ3) is 6.18. The first kappa shape index (κ1) is 24.4. The average molecular weight is 459 g/mol. The van der Waals surface area contributed by atoms with Gasteiger partial charge in [-0.15, -0.1) is 0 Å². The van der Waals surface area contributed by atoms with Gasteiger partial charge in [0.25, 0.3) is 0 Å². The van der Waals surface area contributed by atoms with E-state index in [4.69, 9.17) is 19.8 Å². The number of fused-ring (bicyclic) bond motifs is 1. The van der Waals surface area contributed by atoms with Gasteiger partial charge in [0.15, 0.2) is 5.65 Å². The summed E-state index contributed by atoms with van der Waals surface area (Å²) in [7, 11) is -3.60. The summed E-state index contributed by atoms with van der Waals surface area (Å²) in [5.74, 6) is 0.414. The van der Waals surface area contributed by atoms with Gasteiger partial charge in [0.1, 0.15) is 11.1 Å². The molecule has 2 aromatic heterocycles. The van der Waals surface area contributed by atoms with Crippen LogP contribution in [-0.4, -0.2) is 27.8 Å². The lowest BCUT2D eigenvalue weighted by Crippen LogP contribution is -2.13. The lowest BCUT2D eigenvalue weighted by molar-refractivity contribution is 0.206. The van der Waals surface area contributed by atoms with E-state index in [-0.39, 0.29) is 0 Å². The molecular weight excluding hydrogens is 423 g/mol. The zero-order chi connectivity index (χ0) is 22.8. The van der Waals surface area contributed by atoms with Gasteiger partial charge in [0.2, 0.25) is 0 Å².